The fraction of sp³-hybridized carbons (Fsp3) is 0. The third kappa shape index (κ3) is 2.47. The normalized spacial score (nSPS) is 11.7. The average molecular weight is 310 g/mol. The molecule has 0 saturated carbocycles. The summed E-state index contributed by atoms with van der Waals surface area (Å²) in [5, 5.41) is 4.65. The minimum atomic E-state index is 0.559. The van der Waals surface area contributed by atoms with Crippen LogP contribution >= 0.6 is 34.5 Å². The molecule has 6 heteroatoms. The van der Waals surface area contributed by atoms with E-state index in [1.807, 2.05) is 29.8 Å². The lowest BCUT2D eigenvalue weighted by Gasteiger charge is -1.97. The summed E-state index contributed by atoms with van der Waals surface area (Å²) in [4.78, 5) is 7.32. The average Bonchev–Trinajstić information content (AvgIpc) is 2.93. The molecule has 0 aliphatic carbocycles. The van der Waals surface area contributed by atoms with E-state index in [4.69, 9.17) is 28.9 Å². The monoisotopic (exact) mass is 309 g/mol. The lowest BCUT2D eigenvalue weighted by molar-refractivity contribution is 1.39. The number of anilines is 1. The summed E-state index contributed by atoms with van der Waals surface area (Å²) in [5.74, 6) is 0. The first-order chi connectivity index (χ1) is 9.13. The number of nitrogens with zero attached hydrogens (tertiary/aromatic N) is 1. The highest BCUT2D eigenvalue weighted by molar-refractivity contribution is 7.13. The van der Waals surface area contributed by atoms with Crippen LogP contribution in [-0.4, -0.2) is 9.97 Å². The number of benzene rings is 1. The minimum absolute atomic E-state index is 0.559. The highest BCUT2D eigenvalue weighted by atomic mass is 35.5. The number of nitrogens with two attached hydrogens (primary N) is 1. The first-order valence-corrected chi connectivity index (χ1v) is 7.12. The molecule has 3 aromatic rings. The van der Waals surface area contributed by atoms with Gasteiger partial charge in [-0.05, 0) is 18.2 Å². The van der Waals surface area contributed by atoms with Gasteiger partial charge in [0.15, 0.2) is 5.13 Å². The zero-order chi connectivity index (χ0) is 13.4. The topological polar surface area (TPSA) is 54.7 Å². The van der Waals surface area contributed by atoms with Crippen LogP contribution in [0.4, 0.5) is 5.13 Å². The summed E-state index contributed by atoms with van der Waals surface area (Å²) in [7, 11) is 0. The van der Waals surface area contributed by atoms with Gasteiger partial charge in [0, 0.05) is 33.1 Å². The van der Waals surface area contributed by atoms with Crippen LogP contribution in [0, 0.1) is 0 Å². The highest BCUT2D eigenvalue weighted by Gasteiger charge is 2.07. The lowest BCUT2D eigenvalue weighted by atomic mass is 10.1. The van der Waals surface area contributed by atoms with E-state index in [1.165, 1.54) is 11.3 Å². The number of hydrogen-bond donors (Lipinski definition) is 2. The van der Waals surface area contributed by atoms with Crippen molar-refractivity contribution in [3.8, 4) is 0 Å². The number of aromatic nitrogens is 2. The number of thiazole rings is 1. The molecule has 0 aliphatic heterocycles. The molecule has 19 heavy (non-hydrogen) atoms. The van der Waals surface area contributed by atoms with Crippen LogP contribution in [0.2, 0.25) is 10.0 Å². The largest absolute Gasteiger partial charge is 0.375 e. The van der Waals surface area contributed by atoms with E-state index in [1.54, 1.807) is 6.07 Å². The van der Waals surface area contributed by atoms with Crippen LogP contribution in [0.15, 0.2) is 23.7 Å². The van der Waals surface area contributed by atoms with Crippen molar-refractivity contribution in [2.24, 2.45) is 0 Å². The summed E-state index contributed by atoms with van der Waals surface area (Å²) in [6.07, 6.45) is 5.74. The summed E-state index contributed by atoms with van der Waals surface area (Å²) < 4.78 is 0. The highest BCUT2D eigenvalue weighted by Crippen LogP contribution is 2.31. The van der Waals surface area contributed by atoms with Crippen molar-refractivity contribution in [1.29, 1.82) is 0 Å². The molecular weight excluding hydrogens is 301 g/mol. The van der Waals surface area contributed by atoms with E-state index >= 15 is 0 Å². The summed E-state index contributed by atoms with van der Waals surface area (Å²) in [6, 6.07) is 3.58. The van der Waals surface area contributed by atoms with Gasteiger partial charge < -0.3 is 10.7 Å². The Kier molecular flexibility index (Phi) is 3.22. The maximum absolute atomic E-state index is 6.22. The van der Waals surface area contributed by atoms with E-state index in [-0.39, 0.29) is 0 Å². The number of nitrogen functional groups attached to an aromatic ring is 1. The molecule has 2 heterocycles. The Bertz CT molecular complexity index is 773. The predicted octanol–water partition coefficient (Wildman–Crippen LogP) is 4.68. The third-order valence-electron chi connectivity index (χ3n) is 2.70. The van der Waals surface area contributed by atoms with Gasteiger partial charge in [-0.1, -0.05) is 29.3 Å². The standard InChI is InChI=1S/C13H9Cl2N3S/c14-8-3-10(15)12-7(5-17-11(12)4-8)1-2-9-6-19-13(16)18-9/h1-6,17H,(H2,16,18)/b2-1+. The molecule has 96 valence electrons. The van der Waals surface area contributed by atoms with Gasteiger partial charge in [-0.25, -0.2) is 4.98 Å². The number of nitrogens with one attached hydrogen (secondary N) is 1. The molecule has 0 aliphatic rings. The van der Waals surface area contributed by atoms with Crippen molar-refractivity contribution in [3.63, 3.8) is 0 Å². The number of aromatic amines is 1. The zero-order valence-corrected chi connectivity index (χ0v) is 12.0. The maximum atomic E-state index is 6.22. The molecule has 3 nitrogen and oxygen atoms in total. The lowest BCUT2D eigenvalue weighted by Crippen LogP contribution is -1.80. The summed E-state index contributed by atoms with van der Waals surface area (Å²) in [5.41, 5.74) is 8.33. The second kappa shape index (κ2) is 4.89. The van der Waals surface area contributed by atoms with Crippen molar-refractivity contribution in [2.45, 2.75) is 0 Å². The third-order valence-corrected chi connectivity index (χ3v) is 3.91. The van der Waals surface area contributed by atoms with Crippen molar-refractivity contribution in [2.75, 3.05) is 5.73 Å². The Morgan fingerprint density at radius 2 is 2.11 bits per heavy atom. The van der Waals surface area contributed by atoms with Crippen LogP contribution in [0.3, 0.4) is 0 Å². The second-order valence-electron chi connectivity index (χ2n) is 4.00. The minimum Gasteiger partial charge on any atom is -0.375 e. The van der Waals surface area contributed by atoms with Gasteiger partial charge >= 0.3 is 0 Å². The number of halogens is 2. The molecular formula is C13H9Cl2N3S. The van der Waals surface area contributed by atoms with Gasteiger partial charge in [0.05, 0.1) is 10.7 Å². The van der Waals surface area contributed by atoms with E-state index in [0.717, 1.165) is 22.2 Å². The molecule has 0 bridgehead atoms. The molecule has 0 spiro atoms. The SMILES string of the molecule is Nc1nc(/C=C/c2c[nH]c3cc(Cl)cc(Cl)c23)cs1. The molecule has 2 aromatic heterocycles. The fourth-order valence-corrected chi connectivity index (χ4v) is 3.03. The van der Waals surface area contributed by atoms with Crippen LogP contribution in [0.1, 0.15) is 11.3 Å². The van der Waals surface area contributed by atoms with Crippen LogP contribution in [0.5, 0.6) is 0 Å². The number of H-pyrrole nitrogens is 1. The van der Waals surface area contributed by atoms with Crippen LogP contribution in [-0.2, 0) is 0 Å². The van der Waals surface area contributed by atoms with Gasteiger partial charge in [0.25, 0.3) is 0 Å². The first kappa shape index (κ1) is 12.5. The quantitative estimate of drug-likeness (QED) is 0.722. The molecule has 0 atom stereocenters. The van der Waals surface area contributed by atoms with Crippen molar-refractivity contribution in [1.82, 2.24) is 9.97 Å². The summed E-state index contributed by atoms with van der Waals surface area (Å²) in [6.45, 7) is 0. The first-order valence-electron chi connectivity index (χ1n) is 5.49. The molecule has 0 amide bonds. The number of hydrogen-bond acceptors (Lipinski definition) is 3. The molecule has 0 unspecified atom stereocenters. The molecule has 3 N–H and O–H groups in total. The van der Waals surface area contributed by atoms with Gasteiger partial charge in [-0.3, -0.25) is 0 Å². The second-order valence-corrected chi connectivity index (χ2v) is 5.73. The van der Waals surface area contributed by atoms with Crippen molar-refractivity contribution >= 4 is 62.7 Å². The molecule has 0 saturated heterocycles. The van der Waals surface area contributed by atoms with E-state index in [2.05, 4.69) is 9.97 Å². The smallest absolute Gasteiger partial charge is 0.180 e. The molecule has 0 radical (unpaired) electrons. The zero-order valence-electron chi connectivity index (χ0n) is 9.65. The van der Waals surface area contributed by atoms with E-state index in [9.17, 15) is 0 Å². The number of rotatable bonds is 2. The van der Waals surface area contributed by atoms with Gasteiger partial charge in [-0.15, -0.1) is 11.3 Å². The van der Waals surface area contributed by atoms with Crippen molar-refractivity contribution < 1.29 is 0 Å². The van der Waals surface area contributed by atoms with E-state index in [0.29, 0.717) is 15.2 Å². The van der Waals surface area contributed by atoms with Crippen molar-refractivity contribution in [3.05, 3.63) is 45.0 Å². The van der Waals surface area contributed by atoms with Crippen LogP contribution in [0.25, 0.3) is 23.1 Å². The molecule has 3 rings (SSSR count). The molecule has 1 aromatic carbocycles. The Balaban J connectivity index is 2.04. The number of fused-ring (bicyclic) bond motifs is 1. The molecule has 0 fully saturated rings. The Labute approximate surface area is 123 Å². The Morgan fingerprint density at radius 1 is 1.26 bits per heavy atom. The fourth-order valence-electron chi connectivity index (χ4n) is 1.89. The maximum Gasteiger partial charge on any atom is 0.180 e. The Hall–Kier alpha value is -1.49. The Morgan fingerprint density at radius 3 is 2.84 bits per heavy atom. The van der Waals surface area contributed by atoms with E-state index < -0.39 is 0 Å². The van der Waals surface area contributed by atoms with Gasteiger partial charge in [0.1, 0.15) is 0 Å². The van der Waals surface area contributed by atoms with Crippen LogP contribution < -0.4 is 5.73 Å². The predicted molar refractivity (Wildman–Crippen MR) is 83.8 cm³/mol. The summed E-state index contributed by atoms with van der Waals surface area (Å²) >= 11 is 13.6. The van der Waals surface area contributed by atoms with Gasteiger partial charge in [-0.2, -0.15) is 0 Å². The van der Waals surface area contributed by atoms with Gasteiger partial charge in [0.2, 0.25) is 0 Å².